The summed E-state index contributed by atoms with van der Waals surface area (Å²) < 4.78 is 5.55. The highest BCUT2D eigenvalue weighted by Crippen LogP contribution is 2.30. The summed E-state index contributed by atoms with van der Waals surface area (Å²) in [7, 11) is 0. The largest absolute Gasteiger partial charge is 0.489 e. The first-order chi connectivity index (χ1) is 10.9. The molecule has 1 aromatic rings. The zero-order chi connectivity index (χ0) is 17.0. The number of amides is 3. The predicted molar refractivity (Wildman–Crippen MR) is 89.2 cm³/mol. The van der Waals surface area contributed by atoms with E-state index >= 15 is 0 Å². The van der Waals surface area contributed by atoms with Gasteiger partial charge in [0.2, 0.25) is 0 Å². The molecule has 5 heteroatoms. The highest BCUT2D eigenvalue weighted by molar-refractivity contribution is 6.07. The van der Waals surface area contributed by atoms with Gasteiger partial charge in [-0.25, -0.2) is 4.79 Å². The first kappa shape index (κ1) is 16.8. The molecule has 1 heterocycles. The maximum Gasteiger partial charge on any atom is 0.325 e. The lowest BCUT2D eigenvalue weighted by molar-refractivity contribution is -0.131. The van der Waals surface area contributed by atoms with Crippen LogP contribution in [0.5, 0.6) is 5.75 Å². The van der Waals surface area contributed by atoms with Crippen LogP contribution in [0.3, 0.4) is 0 Å². The van der Waals surface area contributed by atoms with Crippen molar-refractivity contribution in [3.63, 3.8) is 0 Å². The summed E-state index contributed by atoms with van der Waals surface area (Å²) in [5.74, 6) is 0.445. The molecular weight excluding hydrogens is 292 g/mol. The summed E-state index contributed by atoms with van der Waals surface area (Å²) in [5.41, 5.74) is 0.599. The minimum Gasteiger partial charge on any atom is -0.489 e. The molecule has 5 nitrogen and oxygen atoms in total. The Hall–Kier alpha value is -2.56. The minimum absolute atomic E-state index is 0.250. The van der Waals surface area contributed by atoms with Gasteiger partial charge in [-0.05, 0) is 43.5 Å². The van der Waals surface area contributed by atoms with Crippen LogP contribution in [0.25, 0.3) is 0 Å². The highest BCUT2D eigenvalue weighted by atomic mass is 16.5. The maximum atomic E-state index is 12.6. The molecule has 3 amide bonds. The number of benzene rings is 1. The number of hydrogen-bond acceptors (Lipinski definition) is 3. The van der Waals surface area contributed by atoms with E-state index < -0.39 is 5.54 Å². The monoisotopic (exact) mass is 314 g/mol. The number of hydrogen-bond donors (Lipinski definition) is 1. The van der Waals surface area contributed by atoms with Gasteiger partial charge in [0.1, 0.15) is 17.9 Å². The Balaban J connectivity index is 2.16. The number of imide groups is 1. The Morgan fingerprint density at radius 3 is 2.57 bits per heavy atom. The van der Waals surface area contributed by atoms with Gasteiger partial charge in [0, 0.05) is 6.54 Å². The number of ether oxygens (including phenoxy) is 1. The summed E-state index contributed by atoms with van der Waals surface area (Å²) in [6, 6.07) is 6.79. The second-order valence-corrected chi connectivity index (χ2v) is 5.86. The SMILES string of the molecule is C=CCCN1C(=O)NC(C)(c2ccc(OCC(=C)C)cc2)C1=O. The Morgan fingerprint density at radius 1 is 1.35 bits per heavy atom. The summed E-state index contributed by atoms with van der Waals surface area (Å²) in [4.78, 5) is 25.9. The van der Waals surface area contributed by atoms with Crippen molar-refractivity contribution in [1.82, 2.24) is 10.2 Å². The van der Waals surface area contributed by atoms with Crippen molar-refractivity contribution >= 4 is 11.9 Å². The van der Waals surface area contributed by atoms with Crippen molar-refractivity contribution < 1.29 is 14.3 Å². The highest BCUT2D eigenvalue weighted by Gasteiger charge is 2.48. The molecule has 23 heavy (non-hydrogen) atoms. The van der Waals surface area contributed by atoms with Crippen molar-refractivity contribution in [3.05, 3.63) is 54.6 Å². The van der Waals surface area contributed by atoms with E-state index in [-0.39, 0.29) is 11.9 Å². The molecule has 1 N–H and O–H groups in total. The molecule has 1 unspecified atom stereocenters. The van der Waals surface area contributed by atoms with E-state index in [2.05, 4.69) is 18.5 Å². The molecular formula is C18H22N2O3. The maximum absolute atomic E-state index is 12.6. The van der Waals surface area contributed by atoms with E-state index in [0.717, 1.165) is 11.1 Å². The van der Waals surface area contributed by atoms with E-state index in [1.165, 1.54) is 4.90 Å². The molecule has 0 bridgehead atoms. The predicted octanol–water partition coefficient (Wildman–Crippen LogP) is 2.98. The third kappa shape index (κ3) is 3.44. The van der Waals surface area contributed by atoms with Gasteiger partial charge in [-0.15, -0.1) is 6.58 Å². The van der Waals surface area contributed by atoms with Gasteiger partial charge >= 0.3 is 6.03 Å². The average Bonchev–Trinajstić information content (AvgIpc) is 2.74. The number of nitrogens with one attached hydrogen (secondary N) is 1. The third-order valence-corrected chi connectivity index (χ3v) is 3.75. The quantitative estimate of drug-likeness (QED) is 0.622. The first-order valence-electron chi connectivity index (χ1n) is 7.51. The van der Waals surface area contributed by atoms with E-state index in [1.54, 1.807) is 37.3 Å². The van der Waals surface area contributed by atoms with Crippen molar-refractivity contribution in [2.24, 2.45) is 0 Å². The average molecular weight is 314 g/mol. The fourth-order valence-corrected chi connectivity index (χ4v) is 2.41. The van der Waals surface area contributed by atoms with Crippen LogP contribution in [0.15, 0.2) is 49.1 Å². The lowest BCUT2D eigenvalue weighted by atomic mass is 9.92. The number of rotatable bonds is 7. The standard InChI is InChI=1S/C18H22N2O3/c1-5-6-11-20-16(21)18(4,19-17(20)22)14-7-9-15(10-8-14)23-12-13(2)3/h5,7-10H,1-2,6,11-12H2,3-4H3,(H,19,22). The van der Waals surface area contributed by atoms with Crippen molar-refractivity contribution in [3.8, 4) is 5.75 Å². The first-order valence-corrected chi connectivity index (χ1v) is 7.51. The lowest BCUT2D eigenvalue weighted by Gasteiger charge is -2.22. The van der Waals surface area contributed by atoms with E-state index in [0.29, 0.717) is 25.3 Å². The smallest absolute Gasteiger partial charge is 0.325 e. The fraction of sp³-hybridized carbons (Fsp3) is 0.333. The molecule has 0 aliphatic carbocycles. The van der Waals surface area contributed by atoms with Crippen LogP contribution in [-0.4, -0.2) is 30.0 Å². The summed E-state index contributed by atoms with van der Waals surface area (Å²) in [6.07, 6.45) is 2.26. The summed E-state index contributed by atoms with van der Waals surface area (Å²) in [5, 5.41) is 2.77. The molecule has 1 saturated heterocycles. The molecule has 1 fully saturated rings. The van der Waals surface area contributed by atoms with E-state index in [1.807, 2.05) is 6.92 Å². The summed E-state index contributed by atoms with van der Waals surface area (Å²) in [6.45, 7) is 11.8. The molecule has 2 rings (SSSR count). The molecule has 0 saturated carbocycles. The van der Waals surface area contributed by atoms with Crippen molar-refractivity contribution in [2.45, 2.75) is 25.8 Å². The van der Waals surface area contributed by atoms with Crippen LogP contribution >= 0.6 is 0 Å². The number of carbonyl (C=O) groups is 2. The van der Waals surface area contributed by atoms with Gasteiger partial charge < -0.3 is 10.1 Å². The van der Waals surface area contributed by atoms with Crippen LogP contribution in [-0.2, 0) is 10.3 Å². The van der Waals surface area contributed by atoms with Gasteiger partial charge in [0.05, 0.1) is 0 Å². The molecule has 0 aromatic heterocycles. The second kappa shape index (κ2) is 6.69. The van der Waals surface area contributed by atoms with Crippen LogP contribution < -0.4 is 10.1 Å². The second-order valence-electron chi connectivity index (χ2n) is 5.86. The number of nitrogens with zero attached hydrogens (tertiary/aromatic N) is 1. The summed E-state index contributed by atoms with van der Waals surface area (Å²) >= 11 is 0. The lowest BCUT2D eigenvalue weighted by Crippen LogP contribution is -2.40. The molecule has 1 aromatic carbocycles. The van der Waals surface area contributed by atoms with Crippen molar-refractivity contribution in [2.75, 3.05) is 13.2 Å². The van der Waals surface area contributed by atoms with Crippen LogP contribution in [0.4, 0.5) is 4.79 Å². The van der Waals surface area contributed by atoms with Crippen LogP contribution in [0.2, 0.25) is 0 Å². The van der Waals surface area contributed by atoms with Gasteiger partial charge in [-0.3, -0.25) is 9.69 Å². The number of urea groups is 1. The Kier molecular flexibility index (Phi) is 4.89. The van der Waals surface area contributed by atoms with Gasteiger partial charge in [0.15, 0.2) is 0 Å². The zero-order valence-electron chi connectivity index (χ0n) is 13.6. The molecule has 122 valence electrons. The zero-order valence-corrected chi connectivity index (χ0v) is 13.6. The van der Waals surface area contributed by atoms with Crippen molar-refractivity contribution in [1.29, 1.82) is 0 Å². The third-order valence-electron chi connectivity index (χ3n) is 3.75. The topological polar surface area (TPSA) is 58.6 Å². The fourth-order valence-electron chi connectivity index (χ4n) is 2.41. The van der Waals surface area contributed by atoms with E-state index in [9.17, 15) is 9.59 Å². The number of carbonyl (C=O) groups excluding carboxylic acids is 2. The normalized spacial score (nSPS) is 20.3. The Labute approximate surface area is 136 Å². The van der Waals surface area contributed by atoms with E-state index in [4.69, 9.17) is 4.74 Å². The molecule has 1 aliphatic rings. The molecule has 1 aliphatic heterocycles. The molecule has 1 atom stereocenters. The van der Waals surface area contributed by atoms with Gasteiger partial charge in [-0.1, -0.05) is 24.8 Å². The Morgan fingerprint density at radius 2 is 2.00 bits per heavy atom. The van der Waals surface area contributed by atoms with Gasteiger partial charge in [0.25, 0.3) is 5.91 Å². The molecule has 0 spiro atoms. The molecule has 0 radical (unpaired) electrons. The Bertz CT molecular complexity index is 636. The minimum atomic E-state index is -1.05. The van der Waals surface area contributed by atoms with Crippen LogP contribution in [0, 0.1) is 0 Å². The van der Waals surface area contributed by atoms with Gasteiger partial charge in [-0.2, -0.15) is 0 Å². The van der Waals surface area contributed by atoms with Crippen LogP contribution in [0.1, 0.15) is 25.8 Å².